The molecule has 0 saturated carbocycles. The summed E-state index contributed by atoms with van der Waals surface area (Å²) in [6.45, 7) is 4.61. The number of carbonyl (C=O) groups excluding carboxylic acids is 2. The monoisotopic (exact) mass is 963 g/mol. The van der Waals surface area contributed by atoms with Crippen LogP contribution in [0.5, 0.6) is 0 Å². The third kappa shape index (κ3) is 51.6. The molecular formula is C60H100NO8+. The van der Waals surface area contributed by atoms with Crippen molar-refractivity contribution in [3.05, 3.63) is 109 Å². The molecular weight excluding hydrogens is 863 g/mol. The molecule has 0 spiro atoms. The smallest absolute Gasteiger partial charge is 0.361 e. The number of quaternary nitrogens is 1. The highest BCUT2D eigenvalue weighted by Gasteiger charge is 2.25. The Kier molecular flexibility index (Phi) is 47.4. The summed E-state index contributed by atoms with van der Waals surface area (Å²) in [4.78, 5) is 37.4. The number of aliphatic carboxylic acids is 1. The molecule has 69 heavy (non-hydrogen) atoms. The summed E-state index contributed by atoms with van der Waals surface area (Å²) in [5.41, 5.74) is 0. The maximum absolute atomic E-state index is 12.8. The van der Waals surface area contributed by atoms with Crippen molar-refractivity contribution in [3.8, 4) is 0 Å². The molecule has 0 aromatic rings. The molecule has 0 bridgehead atoms. The Morgan fingerprint density at radius 1 is 0.435 bits per heavy atom. The summed E-state index contributed by atoms with van der Waals surface area (Å²) in [6, 6.07) is 0. The molecule has 0 fully saturated rings. The van der Waals surface area contributed by atoms with E-state index in [9.17, 15) is 19.5 Å². The average molecular weight is 963 g/mol. The minimum absolute atomic E-state index is 0.177. The molecule has 0 rings (SSSR count). The highest BCUT2D eigenvalue weighted by Crippen LogP contribution is 2.14. The van der Waals surface area contributed by atoms with Gasteiger partial charge < -0.3 is 28.5 Å². The maximum atomic E-state index is 12.8. The van der Waals surface area contributed by atoms with Crippen LogP contribution in [0.4, 0.5) is 0 Å². The van der Waals surface area contributed by atoms with E-state index in [-0.39, 0.29) is 38.6 Å². The zero-order valence-corrected chi connectivity index (χ0v) is 44.4. The number of unbranched alkanes of at least 4 members (excludes halogenated alkanes) is 15. The topological polar surface area (TPSA) is 108 Å². The molecule has 0 aliphatic carbocycles. The van der Waals surface area contributed by atoms with Crippen LogP contribution >= 0.6 is 0 Å². The predicted octanol–water partition coefficient (Wildman–Crippen LogP) is 15.6. The van der Waals surface area contributed by atoms with Gasteiger partial charge in [-0.15, -0.1) is 0 Å². The molecule has 1 N–H and O–H groups in total. The van der Waals surface area contributed by atoms with Crippen LogP contribution in [0.1, 0.15) is 194 Å². The first kappa shape index (κ1) is 65.0. The van der Waals surface area contributed by atoms with E-state index in [4.69, 9.17) is 18.9 Å². The van der Waals surface area contributed by atoms with Gasteiger partial charge in [0.05, 0.1) is 34.4 Å². The van der Waals surface area contributed by atoms with Gasteiger partial charge in [-0.25, -0.2) is 4.79 Å². The van der Waals surface area contributed by atoms with Crippen molar-refractivity contribution < 1.29 is 42.9 Å². The molecule has 0 saturated heterocycles. The van der Waals surface area contributed by atoms with Crippen molar-refractivity contribution in [1.29, 1.82) is 0 Å². The molecule has 0 aliphatic rings. The second kappa shape index (κ2) is 50.3. The SMILES string of the molecule is CC/C=C\C/C=C\C/C=C\C/C=C\C/C=C\CCCCCCCC(=O)OC(COC(=O)CCCCCCCCCCCC/C=C\C/C=C\C/C=C\C/C=C\CC)COC(OCC[N+](C)(C)C)C(=O)O. The fourth-order valence-corrected chi connectivity index (χ4v) is 6.91. The van der Waals surface area contributed by atoms with E-state index in [0.29, 0.717) is 17.4 Å². The van der Waals surface area contributed by atoms with Gasteiger partial charge in [0.25, 0.3) is 6.29 Å². The minimum Gasteiger partial charge on any atom is -0.477 e. The lowest BCUT2D eigenvalue weighted by atomic mass is 10.1. The van der Waals surface area contributed by atoms with Crippen LogP contribution < -0.4 is 0 Å². The van der Waals surface area contributed by atoms with Crippen LogP contribution in [-0.4, -0.2) is 87.4 Å². The van der Waals surface area contributed by atoms with Crippen molar-refractivity contribution in [2.24, 2.45) is 0 Å². The van der Waals surface area contributed by atoms with Crippen molar-refractivity contribution in [1.82, 2.24) is 0 Å². The maximum Gasteiger partial charge on any atom is 0.361 e. The van der Waals surface area contributed by atoms with Crippen LogP contribution in [-0.2, 0) is 33.3 Å². The van der Waals surface area contributed by atoms with Gasteiger partial charge in [0, 0.05) is 12.8 Å². The number of carbonyl (C=O) groups is 3. The fourth-order valence-electron chi connectivity index (χ4n) is 6.91. The Morgan fingerprint density at radius 3 is 1.16 bits per heavy atom. The van der Waals surface area contributed by atoms with E-state index in [1.165, 1.54) is 44.9 Å². The molecule has 2 atom stereocenters. The third-order valence-corrected chi connectivity index (χ3v) is 11.0. The van der Waals surface area contributed by atoms with E-state index in [2.05, 4.69) is 123 Å². The molecule has 0 aromatic heterocycles. The predicted molar refractivity (Wildman–Crippen MR) is 290 cm³/mol. The number of allylic oxidation sites excluding steroid dienone is 18. The van der Waals surface area contributed by atoms with Gasteiger partial charge in [-0.1, -0.05) is 194 Å². The number of hydrogen-bond donors (Lipinski definition) is 1. The number of carboxylic acid groups (broad SMARTS) is 1. The molecule has 0 aromatic carbocycles. The summed E-state index contributed by atoms with van der Waals surface area (Å²) in [5.74, 6) is -2.05. The number of likely N-dealkylation sites (N-methyl/N-ethyl adjacent to an activating group) is 1. The molecule has 0 heterocycles. The third-order valence-electron chi connectivity index (χ3n) is 11.0. The lowest BCUT2D eigenvalue weighted by molar-refractivity contribution is -0.870. The lowest BCUT2D eigenvalue weighted by Crippen LogP contribution is -2.40. The van der Waals surface area contributed by atoms with Gasteiger partial charge in [-0.05, 0) is 96.3 Å². The number of esters is 2. The quantitative estimate of drug-likeness (QED) is 0.0211. The van der Waals surface area contributed by atoms with Gasteiger partial charge in [0.2, 0.25) is 0 Å². The fraction of sp³-hybridized carbons (Fsp3) is 0.650. The van der Waals surface area contributed by atoms with E-state index < -0.39 is 24.3 Å². The average Bonchev–Trinajstić information content (AvgIpc) is 3.31. The zero-order valence-electron chi connectivity index (χ0n) is 44.4. The van der Waals surface area contributed by atoms with E-state index >= 15 is 0 Å². The molecule has 2 unspecified atom stereocenters. The summed E-state index contributed by atoms with van der Waals surface area (Å²) in [6.07, 6.45) is 65.8. The van der Waals surface area contributed by atoms with Crippen LogP contribution in [0.2, 0.25) is 0 Å². The van der Waals surface area contributed by atoms with Gasteiger partial charge >= 0.3 is 17.9 Å². The van der Waals surface area contributed by atoms with Crippen molar-refractivity contribution in [2.45, 2.75) is 206 Å². The largest absolute Gasteiger partial charge is 0.477 e. The first-order chi connectivity index (χ1) is 33.6. The zero-order chi connectivity index (χ0) is 50.6. The van der Waals surface area contributed by atoms with Gasteiger partial charge in [0.1, 0.15) is 13.2 Å². The molecule has 0 radical (unpaired) electrons. The number of nitrogens with zero attached hydrogens (tertiary/aromatic N) is 1. The van der Waals surface area contributed by atoms with Crippen LogP contribution in [0.25, 0.3) is 0 Å². The van der Waals surface area contributed by atoms with Crippen molar-refractivity contribution in [3.63, 3.8) is 0 Å². The molecule has 392 valence electrons. The van der Waals surface area contributed by atoms with Gasteiger partial charge in [0.15, 0.2) is 6.10 Å². The first-order valence-corrected chi connectivity index (χ1v) is 27.1. The standard InChI is InChI=1S/C60H99NO8/c1-6-8-10-12-14-16-18-20-22-24-26-28-29-31-32-34-36-38-40-42-44-46-48-50-57(62)67-54-56(55-68-60(59(64)65)66-53-52-61(3,4)5)69-58(63)51-49-47-45-43-41-39-37-35-33-30-27-25-23-21-19-17-15-13-11-9-7-2/h8-11,14-17,20-23,26-28,30,35,37,56,60H,6-7,12-13,18-19,24-25,29,31-34,36,38-55H2,1-5H3/p+1/b10-8-,11-9-,16-14-,17-15-,22-20-,23-21-,28-26-,30-27-,37-35-. The summed E-state index contributed by atoms with van der Waals surface area (Å²) < 4.78 is 22.8. The normalized spacial score (nSPS) is 13.7. The van der Waals surface area contributed by atoms with Crippen LogP contribution in [0.15, 0.2) is 109 Å². The number of carboxylic acids is 1. The Labute approximate surface area is 422 Å². The summed E-state index contributed by atoms with van der Waals surface area (Å²) in [5, 5.41) is 9.69. The summed E-state index contributed by atoms with van der Waals surface area (Å²) in [7, 11) is 5.95. The van der Waals surface area contributed by atoms with Crippen molar-refractivity contribution >= 4 is 17.9 Å². The minimum atomic E-state index is -1.52. The Balaban J connectivity index is 4.37. The lowest BCUT2D eigenvalue weighted by Gasteiger charge is -2.25. The van der Waals surface area contributed by atoms with Gasteiger partial charge in [-0.2, -0.15) is 0 Å². The molecule has 9 nitrogen and oxygen atoms in total. The van der Waals surface area contributed by atoms with E-state index in [1.54, 1.807) is 0 Å². The Morgan fingerprint density at radius 2 is 0.783 bits per heavy atom. The van der Waals surface area contributed by atoms with Crippen LogP contribution in [0.3, 0.4) is 0 Å². The molecule has 0 aliphatic heterocycles. The van der Waals surface area contributed by atoms with E-state index in [1.807, 2.05) is 21.1 Å². The molecule has 0 amide bonds. The highest BCUT2D eigenvalue weighted by molar-refractivity contribution is 5.71. The van der Waals surface area contributed by atoms with Gasteiger partial charge in [-0.3, -0.25) is 9.59 Å². The Hall–Kier alpha value is -4.05. The highest BCUT2D eigenvalue weighted by atomic mass is 16.7. The number of rotatable bonds is 48. The second-order valence-electron chi connectivity index (χ2n) is 18.8. The number of hydrogen-bond acceptors (Lipinski definition) is 7. The summed E-state index contributed by atoms with van der Waals surface area (Å²) >= 11 is 0. The van der Waals surface area contributed by atoms with Crippen LogP contribution in [0, 0.1) is 0 Å². The molecule has 9 heteroatoms. The van der Waals surface area contributed by atoms with Crippen molar-refractivity contribution in [2.75, 3.05) is 47.5 Å². The van der Waals surface area contributed by atoms with E-state index in [0.717, 1.165) is 116 Å². The first-order valence-electron chi connectivity index (χ1n) is 27.1. The Bertz CT molecular complexity index is 1490. The number of ether oxygens (including phenoxy) is 4. The second-order valence-corrected chi connectivity index (χ2v) is 18.8.